The number of amides is 1. The predicted molar refractivity (Wildman–Crippen MR) is 108 cm³/mol. The predicted octanol–water partition coefficient (Wildman–Crippen LogP) is 3.05. The Bertz CT molecular complexity index is 926. The van der Waals surface area contributed by atoms with Gasteiger partial charge in [0.1, 0.15) is 11.5 Å². The topological polar surface area (TPSA) is 84.9 Å². The molecule has 7 nitrogen and oxygen atoms in total. The molecule has 0 saturated heterocycles. The fraction of sp³-hybridized carbons (Fsp3) is 0.350. The summed E-state index contributed by atoms with van der Waals surface area (Å²) in [6, 6.07) is 12.0. The molecule has 0 fully saturated rings. The molecule has 0 aliphatic heterocycles. The molecule has 0 radical (unpaired) electrons. The lowest BCUT2D eigenvalue weighted by Crippen LogP contribution is -2.22. The van der Waals surface area contributed by atoms with Crippen LogP contribution >= 0.6 is 0 Å². The van der Waals surface area contributed by atoms with Gasteiger partial charge in [0.25, 0.3) is 0 Å². The maximum atomic E-state index is 12.3. The molecule has 0 aliphatic rings. The highest BCUT2D eigenvalue weighted by Crippen LogP contribution is 2.28. The SMILES string of the molecule is COc1ccc(S(=O)(=O)N(C)C)cc1NC(=O)CCCOc1ccccc1C. The molecule has 152 valence electrons. The lowest BCUT2D eigenvalue weighted by atomic mass is 10.2. The molecule has 2 rings (SSSR count). The number of rotatable bonds is 9. The van der Waals surface area contributed by atoms with Gasteiger partial charge in [0, 0.05) is 20.5 Å². The van der Waals surface area contributed by atoms with E-state index in [2.05, 4.69) is 5.32 Å². The van der Waals surface area contributed by atoms with Crippen molar-refractivity contribution in [2.75, 3.05) is 33.1 Å². The molecule has 0 heterocycles. The maximum Gasteiger partial charge on any atom is 0.242 e. The Labute approximate surface area is 166 Å². The van der Waals surface area contributed by atoms with E-state index in [-0.39, 0.29) is 17.2 Å². The Morgan fingerprint density at radius 1 is 1.11 bits per heavy atom. The number of ether oxygens (including phenoxy) is 2. The van der Waals surface area contributed by atoms with Gasteiger partial charge >= 0.3 is 0 Å². The molecular weight excluding hydrogens is 380 g/mol. The average Bonchev–Trinajstić information content (AvgIpc) is 2.66. The molecule has 2 aromatic rings. The molecule has 0 spiro atoms. The van der Waals surface area contributed by atoms with Gasteiger partial charge in [-0.15, -0.1) is 0 Å². The molecule has 0 aromatic heterocycles. The Kier molecular flexibility index (Phi) is 7.42. The lowest BCUT2D eigenvalue weighted by Gasteiger charge is -2.15. The molecule has 0 bridgehead atoms. The highest BCUT2D eigenvalue weighted by molar-refractivity contribution is 7.89. The van der Waals surface area contributed by atoms with E-state index in [9.17, 15) is 13.2 Å². The fourth-order valence-corrected chi connectivity index (χ4v) is 3.43. The van der Waals surface area contributed by atoms with Gasteiger partial charge in [0.15, 0.2) is 0 Å². The first-order valence-corrected chi connectivity index (χ1v) is 10.3. The Hall–Kier alpha value is -2.58. The van der Waals surface area contributed by atoms with Crippen molar-refractivity contribution in [3.63, 3.8) is 0 Å². The van der Waals surface area contributed by atoms with Crippen LogP contribution in [0.25, 0.3) is 0 Å². The summed E-state index contributed by atoms with van der Waals surface area (Å²) >= 11 is 0. The number of carbonyl (C=O) groups excluding carboxylic acids is 1. The van der Waals surface area contributed by atoms with Crippen LogP contribution < -0.4 is 14.8 Å². The molecule has 0 aliphatic carbocycles. The van der Waals surface area contributed by atoms with Crippen molar-refractivity contribution in [2.45, 2.75) is 24.7 Å². The third-order valence-electron chi connectivity index (χ3n) is 4.12. The van der Waals surface area contributed by atoms with E-state index >= 15 is 0 Å². The Balaban J connectivity index is 1.98. The molecule has 1 amide bonds. The van der Waals surface area contributed by atoms with Gasteiger partial charge in [-0.1, -0.05) is 18.2 Å². The van der Waals surface area contributed by atoms with Crippen LogP contribution in [-0.4, -0.2) is 46.4 Å². The van der Waals surface area contributed by atoms with Crippen LogP contribution in [0, 0.1) is 6.92 Å². The summed E-state index contributed by atoms with van der Waals surface area (Å²) in [4.78, 5) is 12.4. The van der Waals surface area contributed by atoms with Crippen LogP contribution in [0.1, 0.15) is 18.4 Å². The first kappa shape index (κ1) is 21.7. The fourth-order valence-electron chi connectivity index (χ4n) is 2.50. The van der Waals surface area contributed by atoms with Gasteiger partial charge in [-0.25, -0.2) is 12.7 Å². The summed E-state index contributed by atoms with van der Waals surface area (Å²) in [6.45, 7) is 2.37. The number of carbonyl (C=O) groups is 1. The number of para-hydroxylation sites is 1. The molecule has 28 heavy (non-hydrogen) atoms. The smallest absolute Gasteiger partial charge is 0.242 e. The van der Waals surface area contributed by atoms with Crippen LogP contribution in [0.4, 0.5) is 5.69 Å². The summed E-state index contributed by atoms with van der Waals surface area (Å²) < 4.78 is 36.6. The minimum atomic E-state index is -3.61. The third kappa shape index (κ3) is 5.46. The zero-order valence-electron chi connectivity index (χ0n) is 16.6. The molecule has 8 heteroatoms. The zero-order chi connectivity index (χ0) is 20.7. The number of anilines is 1. The van der Waals surface area contributed by atoms with E-state index in [1.807, 2.05) is 31.2 Å². The third-order valence-corrected chi connectivity index (χ3v) is 5.93. The molecule has 0 unspecified atom stereocenters. The van der Waals surface area contributed by atoms with Crippen molar-refractivity contribution >= 4 is 21.6 Å². The first-order valence-electron chi connectivity index (χ1n) is 8.84. The molecule has 1 N–H and O–H groups in total. The number of sulfonamides is 1. The van der Waals surface area contributed by atoms with Crippen molar-refractivity contribution in [1.29, 1.82) is 0 Å². The highest BCUT2D eigenvalue weighted by atomic mass is 32.2. The summed E-state index contributed by atoms with van der Waals surface area (Å²) in [6.07, 6.45) is 0.762. The van der Waals surface area contributed by atoms with Crippen molar-refractivity contribution in [3.05, 3.63) is 48.0 Å². The number of nitrogens with one attached hydrogen (secondary N) is 1. The minimum absolute atomic E-state index is 0.0801. The Morgan fingerprint density at radius 2 is 1.82 bits per heavy atom. The van der Waals surface area contributed by atoms with Gasteiger partial charge in [0.2, 0.25) is 15.9 Å². The highest BCUT2D eigenvalue weighted by Gasteiger charge is 2.19. The van der Waals surface area contributed by atoms with E-state index < -0.39 is 10.0 Å². The number of aryl methyl sites for hydroxylation is 1. The quantitative estimate of drug-likeness (QED) is 0.647. The van der Waals surface area contributed by atoms with E-state index in [0.717, 1.165) is 15.6 Å². The number of hydrogen-bond acceptors (Lipinski definition) is 5. The summed E-state index contributed by atoms with van der Waals surface area (Å²) in [5.74, 6) is 0.944. The van der Waals surface area contributed by atoms with Gasteiger partial charge in [-0.05, 0) is 43.2 Å². The zero-order valence-corrected chi connectivity index (χ0v) is 17.4. The number of nitrogens with zero attached hydrogens (tertiary/aromatic N) is 1. The molecule has 0 saturated carbocycles. The summed E-state index contributed by atoms with van der Waals surface area (Å²) in [5, 5.41) is 2.72. The number of benzene rings is 2. The van der Waals surface area contributed by atoms with Crippen molar-refractivity contribution in [1.82, 2.24) is 4.31 Å². The second-order valence-electron chi connectivity index (χ2n) is 6.42. The largest absolute Gasteiger partial charge is 0.495 e. The number of hydrogen-bond donors (Lipinski definition) is 1. The summed E-state index contributed by atoms with van der Waals surface area (Å²) in [7, 11) is 0.751. The minimum Gasteiger partial charge on any atom is -0.495 e. The standard InChI is InChI=1S/C20H26N2O5S/c1-15-8-5-6-9-18(15)27-13-7-10-20(23)21-17-14-16(11-12-19(17)26-4)28(24,25)22(2)3/h5-6,8-9,11-12,14H,7,10,13H2,1-4H3,(H,21,23). The van der Waals surface area contributed by atoms with Crippen molar-refractivity contribution in [2.24, 2.45) is 0 Å². The maximum absolute atomic E-state index is 12.3. The van der Waals surface area contributed by atoms with Gasteiger partial charge in [0.05, 0.1) is 24.3 Å². The van der Waals surface area contributed by atoms with Crippen LogP contribution in [0.15, 0.2) is 47.4 Å². The molecular formula is C20H26N2O5S. The lowest BCUT2D eigenvalue weighted by molar-refractivity contribution is -0.116. The van der Waals surface area contributed by atoms with Crippen LogP contribution in [0.3, 0.4) is 0 Å². The monoisotopic (exact) mass is 406 g/mol. The van der Waals surface area contributed by atoms with E-state index in [1.54, 1.807) is 0 Å². The van der Waals surface area contributed by atoms with Crippen LogP contribution in [0.5, 0.6) is 11.5 Å². The van der Waals surface area contributed by atoms with Crippen molar-refractivity contribution < 1.29 is 22.7 Å². The molecule has 2 aromatic carbocycles. The second kappa shape index (κ2) is 9.57. The normalized spacial score (nSPS) is 11.3. The van der Waals surface area contributed by atoms with E-state index in [4.69, 9.17) is 9.47 Å². The Morgan fingerprint density at radius 3 is 2.46 bits per heavy atom. The van der Waals surface area contributed by atoms with E-state index in [0.29, 0.717) is 24.5 Å². The number of methoxy groups -OCH3 is 1. The van der Waals surface area contributed by atoms with Crippen molar-refractivity contribution in [3.8, 4) is 11.5 Å². The molecule has 0 atom stereocenters. The first-order chi connectivity index (χ1) is 13.3. The van der Waals surface area contributed by atoms with Crippen LogP contribution in [0.2, 0.25) is 0 Å². The van der Waals surface area contributed by atoms with Gasteiger partial charge in [-0.3, -0.25) is 4.79 Å². The average molecular weight is 407 g/mol. The summed E-state index contributed by atoms with van der Waals surface area (Å²) in [5.41, 5.74) is 1.35. The van der Waals surface area contributed by atoms with Gasteiger partial charge in [-0.2, -0.15) is 0 Å². The second-order valence-corrected chi connectivity index (χ2v) is 8.57. The van der Waals surface area contributed by atoms with Gasteiger partial charge < -0.3 is 14.8 Å². The van der Waals surface area contributed by atoms with E-state index in [1.165, 1.54) is 39.4 Å². The van der Waals surface area contributed by atoms with Crippen LogP contribution in [-0.2, 0) is 14.8 Å².